The molecule has 2 nitrogen and oxygen atoms in total. The zero-order valence-corrected chi connectivity index (χ0v) is 10.3. The van der Waals surface area contributed by atoms with E-state index < -0.39 is 0 Å². The van der Waals surface area contributed by atoms with E-state index in [1.54, 1.807) is 11.9 Å². The number of carbonyl (C=O) groups excluding carboxylic acids is 1. The van der Waals surface area contributed by atoms with Gasteiger partial charge in [-0.05, 0) is 31.4 Å². The molecule has 82 valence electrons. The summed E-state index contributed by atoms with van der Waals surface area (Å²) in [6.45, 7) is 4.89. The normalized spacial score (nSPS) is 10.1. The van der Waals surface area contributed by atoms with E-state index in [-0.39, 0.29) is 5.24 Å². The zero-order valence-electron chi connectivity index (χ0n) is 9.45. The largest absolute Gasteiger partial charge is 0.337 e. The molecule has 15 heavy (non-hydrogen) atoms. The minimum absolute atomic E-state index is 0.180. The highest BCUT2D eigenvalue weighted by molar-refractivity contribution is 7.96. The predicted molar refractivity (Wildman–Crippen MR) is 66.6 cm³/mol. The molecule has 1 aromatic carbocycles. The molecule has 0 saturated carbocycles. The highest BCUT2D eigenvalue weighted by atomic mass is 32.1. The molecule has 0 aromatic heterocycles. The van der Waals surface area contributed by atoms with Gasteiger partial charge in [-0.1, -0.05) is 36.4 Å². The maximum absolute atomic E-state index is 10.9. The number of rotatable bonds is 3. The number of carbonyl (C=O) groups is 1. The average Bonchev–Trinajstić information content (AvgIpc) is 2.18. The Balaban J connectivity index is 2.65. The fraction of sp³-hybridized carbons (Fsp3) is 0.417. The summed E-state index contributed by atoms with van der Waals surface area (Å²) < 4.78 is 0. The van der Waals surface area contributed by atoms with Crippen molar-refractivity contribution in [3.05, 3.63) is 34.9 Å². The Bertz CT molecular complexity index is 363. The molecule has 0 aliphatic carbocycles. The lowest BCUT2D eigenvalue weighted by Crippen LogP contribution is -2.23. The first-order chi connectivity index (χ1) is 7.00. The molecule has 0 aliphatic rings. The monoisotopic (exact) mass is 223 g/mol. The highest BCUT2D eigenvalue weighted by Gasteiger charge is 2.04. The van der Waals surface area contributed by atoms with Gasteiger partial charge in [0.05, 0.1) is 0 Å². The minimum Gasteiger partial charge on any atom is -0.337 e. The molecule has 0 spiro atoms. The van der Waals surface area contributed by atoms with Gasteiger partial charge in [-0.25, -0.2) is 0 Å². The Morgan fingerprint density at radius 3 is 2.67 bits per heavy atom. The number of benzene rings is 1. The van der Waals surface area contributed by atoms with E-state index in [9.17, 15) is 4.79 Å². The van der Waals surface area contributed by atoms with Crippen LogP contribution in [0.15, 0.2) is 18.2 Å². The Morgan fingerprint density at radius 2 is 2.07 bits per heavy atom. The molecule has 0 unspecified atom stereocenters. The number of likely N-dealkylation sites (N-methyl/N-ethyl adjacent to an activating group) is 1. The molecule has 1 rings (SSSR count). The lowest BCUT2D eigenvalue weighted by atomic mass is 10.0. The van der Waals surface area contributed by atoms with E-state index in [0.29, 0.717) is 6.54 Å². The van der Waals surface area contributed by atoms with Gasteiger partial charge in [0, 0.05) is 13.6 Å². The van der Waals surface area contributed by atoms with Crippen molar-refractivity contribution >= 4 is 17.9 Å². The Labute approximate surface area is 96.7 Å². The number of hydrogen-bond donors (Lipinski definition) is 1. The topological polar surface area (TPSA) is 20.3 Å². The minimum atomic E-state index is -0.180. The van der Waals surface area contributed by atoms with Crippen LogP contribution in [0.2, 0.25) is 0 Å². The van der Waals surface area contributed by atoms with Crippen molar-refractivity contribution in [1.29, 1.82) is 0 Å². The van der Waals surface area contributed by atoms with E-state index >= 15 is 0 Å². The summed E-state index contributed by atoms with van der Waals surface area (Å²) in [5.74, 6) is 0. The van der Waals surface area contributed by atoms with Crippen LogP contribution in [0.4, 0.5) is 4.79 Å². The van der Waals surface area contributed by atoms with Crippen molar-refractivity contribution in [2.75, 3.05) is 13.6 Å². The fourth-order valence-corrected chi connectivity index (χ4v) is 1.55. The third-order valence-corrected chi connectivity index (χ3v) is 2.89. The lowest BCUT2D eigenvalue weighted by Gasteiger charge is -2.15. The van der Waals surface area contributed by atoms with Gasteiger partial charge in [0.1, 0.15) is 0 Å². The first-order valence-electron chi connectivity index (χ1n) is 5.01. The number of nitrogens with zero attached hydrogens (tertiary/aromatic N) is 1. The van der Waals surface area contributed by atoms with Crippen LogP contribution in [0, 0.1) is 13.8 Å². The van der Waals surface area contributed by atoms with Crippen LogP contribution in [0.5, 0.6) is 0 Å². The van der Waals surface area contributed by atoms with Crippen LogP contribution in [0.25, 0.3) is 0 Å². The van der Waals surface area contributed by atoms with Gasteiger partial charge in [-0.15, -0.1) is 0 Å². The SMILES string of the molecule is Cc1ccc(C)c(CCN(C)C(=O)S)c1. The smallest absolute Gasteiger partial charge is 0.278 e. The summed E-state index contributed by atoms with van der Waals surface area (Å²) in [6.07, 6.45) is 0.885. The first-order valence-corrected chi connectivity index (χ1v) is 5.45. The maximum atomic E-state index is 10.9. The summed E-state index contributed by atoms with van der Waals surface area (Å²) in [4.78, 5) is 12.5. The van der Waals surface area contributed by atoms with Gasteiger partial charge >= 0.3 is 0 Å². The standard InChI is InChI=1S/C12H17NOS/c1-9-4-5-10(2)11(8-9)6-7-13(3)12(14)15/h4-5,8H,6-7H2,1-3H3,(H,14,15). The summed E-state index contributed by atoms with van der Waals surface area (Å²) >= 11 is 3.77. The van der Waals surface area contributed by atoms with E-state index in [1.165, 1.54) is 16.7 Å². The number of thiol groups is 1. The predicted octanol–water partition coefficient (Wildman–Crippen LogP) is 2.83. The lowest BCUT2D eigenvalue weighted by molar-refractivity contribution is 0.234. The molecule has 0 heterocycles. The van der Waals surface area contributed by atoms with Gasteiger partial charge in [0.15, 0.2) is 0 Å². The van der Waals surface area contributed by atoms with Crippen LogP contribution < -0.4 is 0 Å². The van der Waals surface area contributed by atoms with Gasteiger partial charge in [0.25, 0.3) is 5.24 Å². The molecule has 0 N–H and O–H groups in total. The molecule has 0 bridgehead atoms. The van der Waals surface area contributed by atoms with Crippen molar-refractivity contribution in [3.8, 4) is 0 Å². The summed E-state index contributed by atoms with van der Waals surface area (Å²) in [5.41, 5.74) is 3.84. The van der Waals surface area contributed by atoms with Crippen LogP contribution in [-0.2, 0) is 6.42 Å². The molecule has 0 saturated heterocycles. The van der Waals surface area contributed by atoms with E-state index in [0.717, 1.165) is 6.42 Å². The zero-order chi connectivity index (χ0) is 11.4. The summed E-state index contributed by atoms with van der Waals surface area (Å²) in [6, 6.07) is 6.39. The third kappa shape index (κ3) is 3.59. The Hall–Kier alpha value is -0.960. The van der Waals surface area contributed by atoms with Crippen LogP contribution >= 0.6 is 12.6 Å². The van der Waals surface area contributed by atoms with Crippen molar-refractivity contribution < 1.29 is 4.79 Å². The molecule has 0 atom stereocenters. The Kier molecular flexibility index (Phi) is 4.21. The molecular formula is C12H17NOS. The first kappa shape index (κ1) is 12.1. The quantitative estimate of drug-likeness (QED) is 0.781. The summed E-state index contributed by atoms with van der Waals surface area (Å²) in [5, 5.41) is -0.180. The molecule has 0 fully saturated rings. The van der Waals surface area contributed by atoms with E-state index in [2.05, 4.69) is 44.7 Å². The molecule has 1 amide bonds. The van der Waals surface area contributed by atoms with Crippen molar-refractivity contribution in [2.24, 2.45) is 0 Å². The van der Waals surface area contributed by atoms with Gasteiger partial charge in [-0.2, -0.15) is 0 Å². The average molecular weight is 223 g/mol. The number of hydrogen-bond acceptors (Lipinski definition) is 1. The number of amides is 1. The van der Waals surface area contributed by atoms with Gasteiger partial charge < -0.3 is 4.90 Å². The van der Waals surface area contributed by atoms with Crippen LogP contribution in [0.3, 0.4) is 0 Å². The highest BCUT2D eigenvalue weighted by Crippen LogP contribution is 2.11. The number of aryl methyl sites for hydroxylation is 2. The second-order valence-corrected chi connectivity index (χ2v) is 4.27. The molecule has 0 aliphatic heterocycles. The fourth-order valence-electron chi connectivity index (χ4n) is 1.45. The summed E-state index contributed by atoms with van der Waals surface area (Å²) in [7, 11) is 1.76. The van der Waals surface area contributed by atoms with Crippen LogP contribution in [-0.4, -0.2) is 23.7 Å². The second kappa shape index (κ2) is 5.21. The second-order valence-electron chi connectivity index (χ2n) is 3.88. The van der Waals surface area contributed by atoms with E-state index in [4.69, 9.17) is 0 Å². The van der Waals surface area contributed by atoms with Crippen molar-refractivity contribution in [3.63, 3.8) is 0 Å². The van der Waals surface area contributed by atoms with Gasteiger partial charge in [0.2, 0.25) is 0 Å². The molecular weight excluding hydrogens is 206 g/mol. The molecule has 3 heteroatoms. The maximum Gasteiger partial charge on any atom is 0.278 e. The third-order valence-electron chi connectivity index (χ3n) is 2.55. The van der Waals surface area contributed by atoms with Gasteiger partial charge in [-0.3, -0.25) is 4.79 Å². The molecule has 0 radical (unpaired) electrons. The molecule has 1 aromatic rings. The van der Waals surface area contributed by atoms with Crippen molar-refractivity contribution in [2.45, 2.75) is 20.3 Å². The van der Waals surface area contributed by atoms with E-state index in [1.807, 2.05) is 0 Å². The Morgan fingerprint density at radius 1 is 1.40 bits per heavy atom. The van der Waals surface area contributed by atoms with Crippen molar-refractivity contribution in [1.82, 2.24) is 4.90 Å². The van der Waals surface area contributed by atoms with Crippen LogP contribution in [0.1, 0.15) is 16.7 Å².